The van der Waals surface area contributed by atoms with Gasteiger partial charge in [0, 0.05) is 32.0 Å². The number of amides is 2. The number of hydrogen-bond acceptors (Lipinski definition) is 5. The first kappa shape index (κ1) is 31.7. The largest absolute Gasteiger partial charge is 0.497 e. The van der Waals surface area contributed by atoms with Gasteiger partial charge in [0.2, 0.25) is 21.8 Å². The van der Waals surface area contributed by atoms with Crippen molar-refractivity contribution in [1.29, 1.82) is 0 Å². The molecule has 9 heteroatoms. The topological polar surface area (TPSA) is 96.0 Å². The zero-order chi connectivity index (χ0) is 30.0. The van der Waals surface area contributed by atoms with Gasteiger partial charge >= 0.3 is 0 Å². The number of sulfonamides is 1. The van der Waals surface area contributed by atoms with Crippen LogP contribution in [0.15, 0.2) is 78.9 Å². The van der Waals surface area contributed by atoms with E-state index in [1.54, 1.807) is 36.3 Å². The van der Waals surface area contributed by atoms with Crippen LogP contribution < -0.4 is 14.4 Å². The van der Waals surface area contributed by atoms with Gasteiger partial charge in [-0.2, -0.15) is 0 Å². The number of benzene rings is 3. The second kappa shape index (κ2) is 14.7. The van der Waals surface area contributed by atoms with Crippen LogP contribution in [-0.4, -0.2) is 57.1 Å². The summed E-state index contributed by atoms with van der Waals surface area (Å²) >= 11 is 0. The summed E-state index contributed by atoms with van der Waals surface area (Å²) < 4.78 is 31.7. The molecular weight excluding hydrogens is 538 g/mol. The minimum Gasteiger partial charge on any atom is -0.497 e. The van der Waals surface area contributed by atoms with E-state index in [2.05, 4.69) is 5.32 Å². The summed E-state index contributed by atoms with van der Waals surface area (Å²) in [5, 5.41) is 2.99. The van der Waals surface area contributed by atoms with Crippen LogP contribution >= 0.6 is 0 Å². The highest BCUT2D eigenvalue weighted by Gasteiger charge is 2.31. The minimum atomic E-state index is -3.59. The number of ether oxygens (including phenoxy) is 1. The van der Waals surface area contributed by atoms with Gasteiger partial charge in [0.05, 0.1) is 19.1 Å². The Labute approximate surface area is 244 Å². The van der Waals surface area contributed by atoms with E-state index in [9.17, 15) is 18.0 Å². The number of anilines is 1. The predicted molar refractivity (Wildman–Crippen MR) is 163 cm³/mol. The summed E-state index contributed by atoms with van der Waals surface area (Å²) in [5.41, 5.74) is 3.42. The van der Waals surface area contributed by atoms with Crippen molar-refractivity contribution in [2.75, 3.05) is 24.2 Å². The van der Waals surface area contributed by atoms with E-state index in [1.165, 1.54) is 4.31 Å². The molecule has 0 radical (unpaired) electrons. The maximum atomic E-state index is 13.9. The van der Waals surface area contributed by atoms with Crippen molar-refractivity contribution in [3.63, 3.8) is 0 Å². The van der Waals surface area contributed by atoms with Crippen molar-refractivity contribution in [3.05, 3.63) is 95.6 Å². The first-order valence-electron chi connectivity index (χ1n) is 13.8. The highest BCUT2D eigenvalue weighted by Crippen LogP contribution is 2.23. The van der Waals surface area contributed by atoms with Gasteiger partial charge in [0.25, 0.3) is 0 Å². The molecule has 0 aliphatic rings. The number of methoxy groups -OCH3 is 1. The monoisotopic (exact) mass is 579 g/mol. The quantitative estimate of drug-likeness (QED) is 0.298. The molecule has 0 saturated heterocycles. The average molecular weight is 580 g/mol. The molecule has 1 atom stereocenters. The van der Waals surface area contributed by atoms with E-state index in [1.807, 2.05) is 75.4 Å². The van der Waals surface area contributed by atoms with Gasteiger partial charge in [-0.1, -0.05) is 60.2 Å². The molecule has 0 aliphatic carbocycles. The summed E-state index contributed by atoms with van der Waals surface area (Å²) in [4.78, 5) is 29.0. The number of nitrogens with zero attached hydrogens (tertiary/aromatic N) is 2. The van der Waals surface area contributed by atoms with Crippen LogP contribution in [0.5, 0.6) is 5.75 Å². The van der Waals surface area contributed by atoms with E-state index < -0.39 is 16.1 Å². The molecule has 0 spiro atoms. The Morgan fingerprint density at radius 3 is 2.17 bits per heavy atom. The van der Waals surface area contributed by atoms with E-state index >= 15 is 0 Å². The molecule has 0 aliphatic heterocycles. The Morgan fingerprint density at radius 1 is 0.927 bits per heavy atom. The molecule has 0 fully saturated rings. The summed E-state index contributed by atoms with van der Waals surface area (Å²) in [6.45, 7) is 6.16. The fourth-order valence-corrected chi connectivity index (χ4v) is 5.66. The molecule has 8 nitrogen and oxygen atoms in total. The van der Waals surface area contributed by atoms with E-state index in [4.69, 9.17) is 4.74 Å². The van der Waals surface area contributed by atoms with Gasteiger partial charge in [-0.15, -0.1) is 0 Å². The third kappa shape index (κ3) is 9.63. The van der Waals surface area contributed by atoms with Crippen LogP contribution in [0.25, 0.3) is 0 Å². The Kier molecular flexibility index (Phi) is 11.3. The van der Waals surface area contributed by atoms with Crippen LogP contribution in [0.3, 0.4) is 0 Å². The average Bonchev–Trinajstić information content (AvgIpc) is 2.92. The zero-order valence-electron chi connectivity index (χ0n) is 24.5. The van der Waals surface area contributed by atoms with Gasteiger partial charge < -0.3 is 15.0 Å². The van der Waals surface area contributed by atoms with Gasteiger partial charge in [0.15, 0.2) is 0 Å². The lowest BCUT2D eigenvalue weighted by Gasteiger charge is -2.32. The van der Waals surface area contributed by atoms with Crippen LogP contribution in [0, 0.1) is 6.92 Å². The molecule has 0 saturated carbocycles. The molecule has 0 aromatic heterocycles. The van der Waals surface area contributed by atoms with E-state index in [-0.39, 0.29) is 43.8 Å². The predicted octanol–water partition coefficient (Wildman–Crippen LogP) is 4.71. The number of nitrogens with one attached hydrogen (secondary N) is 1. The van der Waals surface area contributed by atoms with Crippen LogP contribution in [0.2, 0.25) is 0 Å². The lowest BCUT2D eigenvalue weighted by Crippen LogP contribution is -2.51. The smallest absolute Gasteiger partial charge is 0.243 e. The van der Waals surface area contributed by atoms with Crippen molar-refractivity contribution in [2.45, 2.75) is 58.7 Å². The summed E-state index contributed by atoms with van der Waals surface area (Å²) in [6.07, 6.45) is 1.87. The fraction of sp³-hybridized carbons (Fsp3) is 0.375. The normalized spacial score (nSPS) is 12.0. The van der Waals surface area contributed by atoms with E-state index in [0.29, 0.717) is 17.9 Å². The molecule has 3 aromatic rings. The first-order chi connectivity index (χ1) is 19.5. The molecule has 1 N–H and O–H groups in total. The number of aryl methyl sites for hydroxylation is 1. The Balaban J connectivity index is 1.87. The summed E-state index contributed by atoms with van der Waals surface area (Å²) in [7, 11) is -2.04. The van der Waals surface area contributed by atoms with Gasteiger partial charge in [-0.25, -0.2) is 8.42 Å². The first-order valence-corrected chi connectivity index (χ1v) is 15.6. The molecule has 41 heavy (non-hydrogen) atoms. The molecule has 3 aromatic carbocycles. The molecular formula is C32H41N3O5S. The summed E-state index contributed by atoms with van der Waals surface area (Å²) in [5.74, 6) is 0.184. The Hall–Kier alpha value is -3.85. The SMILES string of the molecule is COc1ccc(N(CCCC(=O)N(Cc2cccc(C)c2)C(Cc2ccccc2)C(=O)NC(C)C)S(C)(=O)=O)cc1. The second-order valence-electron chi connectivity index (χ2n) is 10.5. The van der Waals surface area contributed by atoms with Crippen molar-refractivity contribution in [3.8, 4) is 5.75 Å². The fourth-order valence-electron chi connectivity index (χ4n) is 4.69. The molecule has 3 rings (SSSR count). The van der Waals surface area contributed by atoms with Crippen LogP contribution in [0.4, 0.5) is 5.69 Å². The minimum absolute atomic E-state index is 0.0776. The van der Waals surface area contributed by atoms with Crippen molar-refractivity contribution in [1.82, 2.24) is 10.2 Å². The Bertz CT molecular complexity index is 1390. The highest BCUT2D eigenvalue weighted by atomic mass is 32.2. The van der Waals surface area contributed by atoms with Crippen molar-refractivity contribution >= 4 is 27.5 Å². The van der Waals surface area contributed by atoms with Crippen molar-refractivity contribution in [2.24, 2.45) is 0 Å². The lowest BCUT2D eigenvalue weighted by molar-refractivity contribution is -0.141. The summed E-state index contributed by atoms with van der Waals surface area (Å²) in [6, 6.07) is 23.4. The number of rotatable bonds is 14. The maximum absolute atomic E-state index is 13.9. The standard InChI is InChI=1S/C32H41N3O5S/c1-24(2)33-32(37)30(22-26-12-7-6-8-13-26)34(23-27-14-9-11-25(3)21-27)31(36)15-10-20-35(41(5,38)39)28-16-18-29(40-4)19-17-28/h6-9,11-14,16-19,21,24,30H,10,15,20,22-23H2,1-5H3,(H,33,37). The molecule has 0 bridgehead atoms. The third-order valence-corrected chi connectivity index (χ3v) is 7.84. The van der Waals surface area contributed by atoms with Crippen LogP contribution in [0.1, 0.15) is 43.4 Å². The third-order valence-electron chi connectivity index (χ3n) is 6.65. The zero-order valence-corrected chi connectivity index (χ0v) is 25.4. The van der Waals surface area contributed by atoms with Gasteiger partial charge in [0.1, 0.15) is 11.8 Å². The molecule has 2 amide bonds. The van der Waals surface area contributed by atoms with Crippen LogP contribution in [-0.2, 0) is 32.6 Å². The number of hydrogen-bond donors (Lipinski definition) is 1. The van der Waals surface area contributed by atoms with E-state index in [0.717, 1.165) is 22.9 Å². The highest BCUT2D eigenvalue weighted by molar-refractivity contribution is 7.92. The Morgan fingerprint density at radius 2 is 1.59 bits per heavy atom. The number of carbonyl (C=O) groups excluding carboxylic acids is 2. The second-order valence-corrected chi connectivity index (χ2v) is 12.4. The van der Waals surface area contributed by atoms with Crippen molar-refractivity contribution < 1.29 is 22.7 Å². The maximum Gasteiger partial charge on any atom is 0.243 e. The molecule has 1 unspecified atom stereocenters. The molecule has 0 heterocycles. The van der Waals surface area contributed by atoms with Gasteiger partial charge in [-0.05, 0) is 62.6 Å². The number of carbonyl (C=O) groups is 2. The van der Waals surface area contributed by atoms with Gasteiger partial charge in [-0.3, -0.25) is 13.9 Å². The molecule has 220 valence electrons. The lowest BCUT2D eigenvalue weighted by atomic mass is 10.0.